The summed E-state index contributed by atoms with van der Waals surface area (Å²) in [6.45, 7) is -0.567. The van der Waals surface area contributed by atoms with E-state index in [1.165, 1.54) is 0 Å². The van der Waals surface area contributed by atoms with Crippen LogP contribution in [-0.2, 0) is 11.2 Å². The van der Waals surface area contributed by atoms with Gasteiger partial charge in [-0.15, -0.1) is 0 Å². The van der Waals surface area contributed by atoms with Gasteiger partial charge in [-0.3, -0.25) is 0 Å². The monoisotopic (exact) mass is 270 g/mol. The lowest BCUT2D eigenvalue weighted by Gasteiger charge is -2.45. The lowest BCUT2D eigenvalue weighted by molar-refractivity contribution is -0.348. The third-order valence-electron chi connectivity index (χ3n) is 3.35. The van der Waals surface area contributed by atoms with E-state index in [4.69, 9.17) is 9.84 Å². The Kier molecular flexibility index (Phi) is 4.19. The molecule has 0 unspecified atom stereocenters. The molecule has 0 amide bonds. The maximum absolute atomic E-state index is 10.3. The highest BCUT2D eigenvalue weighted by Crippen LogP contribution is 2.30. The van der Waals surface area contributed by atoms with Gasteiger partial charge in [-0.25, -0.2) is 0 Å². The van der Waals surface area contributed by atoms with Gasteiger partial charge >= 0.3 is 0 Å². The maximum Gasteiger partial charge on any atom is 0.199 e. The molecule has 0 saturated carbocycles. The van der Waals surface area contributed by atoms with E-state index in [9.17, 15) is 20.4 Å². The Morgan fingerprint density at radius 1 is 1.05 bits per heavy atom. The highest BCUT2D eigenvalue weighted by Gasteiger charge is 2.52. The fourth-order valence-corrected chi connectivity index (χ4v) is 2.25. The summed E-state index contributed by atoms with van der Waals surface area (Å²) in [5, 5.41) is 48.6. The molecular formula is C13H18O6. The fourth-order valence-electron chi connectivity index (χ4n) is 2.25. The normalized spacial score (nSPS) is 39.2. The van der Waals surface area contributed by atoms with Crippen molar-refractivity contribution in [3.05, 3.63) is 35.9 Å². The molecule has 1 aromatic rings. The first kappa shape index (κ1) is 14.4. The molecular weight excluding hydrogens is 252 g/mol. The van der Waals surface area contributed by atoms with Crippen LogP contribution in [0.5, 0.6) is 0 Å². The number of ether oxygens (including phenoxy) is 1. The van der Waals surface area contributed by atoms with Crippen LogP contribution in [0, 0.1) is 0 Å². The fraction of sp³-hybridized carbons (Fsp3) is 0.538. The Morgan fingerprint density at radius 3 is 2.26 bits per heavy atom. The van der Waals surface area contributed by atoms with E-state index < -0.39 is 36.8 Å². The van der Waals surface area contributed by atoms with Crippen LogP contribution in [0.2, 0.25) is 0 Å². The molecule has 5 atom stereocenters. The molecule has 19 heavy (non-hydrogen) atoms. The molecule has 5 N–H and O–H groups in total. The van der Waals surface area contributed by atoms with Gasteiger partial charge in [0.25, 0.3) is 0 Å². The van der Waals surface area contributed by atoms with Crippen molar-refractivity contribution in [3.8, 4) is 0 Å². The Morgan fingerprint density at radius 2 is 1.68 bits per heavy atom. The average Bonchev–Trinajstić information content (AvgIpc) is 2.42. The number of benzene rings is 1. The summed E-state index contributed by atoms with van der Waals surface area (Å²) in [6.07, 6.45) is -5.90. The number of hydrogen-bond donors (Lipinski definition) is 5. The van der Waals surface area contributed by atoms with Crippen LogP contribution < -0.4 is 0 Å². The first-order valence-corrected chi connectivity index (χ1v) is 6.07. The largest absolute Gasteiger partial charge is 0.394 e. The third-order valence-corrected chi connectivity index (χ3v) is 3.35. The number of hydrogen-bond acceptors (Lipinski definition) is 6. The van der Waals surface area contributed by atoms with E-state index in [0.717, 1.165) is 0 Å². The quantitative estimate of drug-likeness (QED) is 0.452. The van der Waals surface area contributed by atoms with Crippen molar-refractivity contribution >= 4 is 0 Å². The van der Waals surface area contributed by atoms with E-state index in [1.54, 1.807) is 30.3 Å². The molecule has 1 heterocycles. The molecule has 0 radical (unpaired) electrons. The second-order valence-corrected chi connectivity index (χ2v) is 4.77. The average molecular weight is 270 g/mol. The van der Waals surface area contributed by atoms with E-state index in [-0.39, 0.29) is 6.42 Å². The topological polar surface area (TPSA) is 110 Å². The summed E-state index contributed by atoms with van der Waals surface area (Å²) < 4.78 is 5.17. The molecule has 1 fully saturated rings. The molecule has 2 rings (SSSR count). The molecule has 1 saturated heterocycles. The van der Waals surface area contributed by atoms with Crippen molar-refractivity contribution in [1.82, 2.24) is 0 Å². The Labute approximate surface area is 110 Å². The van der Waals surface area contributed by atoms with Crippen molar-refractivity contribution in [2.45, 2.75) is 36.6 Å². The Hall–Kier alpha value is -1.02. The van der Waals surface area contributed by atoms with Crippen LogP contribution in [0.15, 0.2) is 30.3 Å². The highest BCUT2D eigenvalue weighted by molar-refractivity contribution is 5.17. The minimum Gasteiger partial charge on any atom is -0.394 e. The van der Waals surface area contributed by atoms with Gasteiger partial charge in [0.15, 0.2) is 5.79 Å². The van der Waals surface area contributed by atoms with Crippen LogP contribution in [-0.4, -0.2) is 62.3 Å². The van der Waals surface area contributed by atoms with Gasteiger partial charge in [0, 0.05) is 6.42 Å². The molecule has 0 spiro atoms. The van der Waals surface area contributed by atoms with Crippen LogP contribution in [0.1, 0.15) is 5.56 Å². The number of aliphatic hydroxyl groups is 5. The Bertz CT molecular complexity index is 409. The lowest BCUT2D eigenvalue weighted by Crippen LogP contribution is -2.65. The van der Waals surface area contributed by atoms with Crippen molar-refractivity contribution < 1.29 is 30.3 Å². The predicted octanol–water partition coefficient (Wildman–Crippen LogP) is -1.61. The second-order valence-electron chi connectivity index (χ2n) is 4.77. The van der Waals surface area contributed by atoms with E-state index in [2.05, 4.69) is 0 Å². The summed E-state index contributed by atoms with van der Waals surface area (Å²) in [7, 11) is 0. The first-order valence-electron chi connectivity index (χ1n) is 6.07. The summed E-state index contributed by atoms with van der Waals surface area (Å²) in [4.78, 5) is 0. The zero-order valence-electron chi connectivity index (χ0n) is 10.3. The van der Waals surface area contributed by atoms with Gasteiger partial charge in [0.1, 0.15) is 24.4 Å². The third kappa shape index (κ3) is 2.79. The maximum atomic E-state index is 10.3. The summed E-state index contributed by atoms with van der Waals surface area (Å²) in [5.41, 5.74) is 0.698. The first-order chi connectivity index (χ1) is 8.98. The standard InChI is InChI=1S/C13H18O6/c14-7-9-10(15)11(16)12(17)13(18,19-9)6-8-4-2-1-3-5-8/h1-5,9-12,14-18H,6-7H2/t9-,10+,11-,12-,13+/m0/s1. The van der Waals surface area contributed by atoms with Crippen molar-refractivity contribution in [2.75, 3.05) is 6.61 Å². The lowest BCUT2D eigenvalue weighted by atomic mass is 9.89. The van der Waals surface area contributed by atoms with Gasteiger partial charge in [-0.05, 0) is 5.56 Å². The van der Waals surface area contributed by atoms with Gasteiger partial charge in [0.2, 0.25) is 0 Å². The number of aliphatic hydroxyl groups excluding tert-OH is 4. The molecule has 6 heteroatoms. The van der Waals surface area contributed by atoms with Crippen molar-refractivity contribution in [2.24, 2.45) is 0 Å². The van der Waals surface area contributed by atoms with Crippen molar-refractivity contribution in [1.29, 1.82) is 0 Å². The molecule has 1 aromatic carbocycles. The smallest absolute Gasteiger partial charge is 0.199 e. The molecule has 1 aliphatic heterocycles. The van der Waals surface area contributed by atoms with Gasteiger partial charge < -0.3 is 30.3 Å². The van der Waals surface area contributed by atoms with Crippen molar-refractivity contribution in [3.63, 3.8) is 0 Å². The molecule has 1 aliphatic rings. The zero-order valence-corrected chi connectivity index (χ0v) is 10.3. The molecule has 0 aliphatic carbocycles. The van der Waals surface area contributed by atoms with Crippen LogP contribution in [0.4, 0.5) is 0 Å². The molecule has 0 aromatic heterocycles. The zero-order chi connectivity index (χ0) is 14.0. The van der Waals surface area contributed by atoms with Gasteiger partial charge in [-0.2, -0.15) is 0 Å². The minimum absolute atomic E-state index is 0.0602. The molecule has 0 bridgehead atoms. The Balaban J connectivity index is 2.21. The molecule has 106 valence electrons. The van der Waals surface area contributed by atoms with Crippen LogP contribution in [0.3, 0.4) is 0 Å². The summed E-state index contributed by atoms with van der Waals surface area (Å²) >= 11 is 0. The summed E-state index contributed by atoms with van der Waals surface area (Å²) in [6, 6.07) is 8.81. The number of rotatable bonds is 3. The predicted molar refractivity (Wildman–Crippen MR) is 65.1 cm³/mol. The van der Waals surface area contributed by atoms with E-state index >= 15 is 0 Å². The van der Waals surface area contributed by atoms with E-state index in [0.29, 0.717) is 5.56 Å². The van der Waals surface area contributed by atoms with Gasteiger partial charge in [-0.1, -0.05) is 30.3 Å². The van der Waals surface area contributed by atoms with Crippen LogP contribution in [0.25, 0.3) is 0 Å². The highest BCUT2D eigenvalue weighted by atomic mass is 16.7. The summed E-state index contributed by atoms with van der Waals surface area (Å²) in [5.74, 6) is -2.05. The van der Waals surface area contributed by atoms with Crippen LogP contribution >= 0.6 is 0 Å². The minimum atomic E-state index is -2.05. The van der Waals surface area contributed by atoms with E-state index in [1.807, 2.05) is 0 Å². The molecule has 6 nitrogen and oxygen atoms in total. The second kappa shape index (κ2) is 5.54. The van der Waals surface area contributed by atoms with Gasteiger partial charge in [0.05, 0.1) is 6.61 Å². The SMILES string of the molecule is OC[C@@H]1O[C@](O)(Cc2ccccc2)[C@@H](O)[C@@H](O)[C@@H]1O.